The van der Waals surface area contributed by atoms with Crippen LogP contribution in [0.5, 0.6) is 0 Å². The predicted octanol–water partition coefficient (Wildman–Crippen LogP) is 2.07. The number of hydrogen-bond donors (Lipinski definition) is 1. The van der Waals surface area contributed by atoms with Gasteiger partial charge < -0.3 is 14.9 Å². The van der Waals surface area contributed by atoms with Crippen molar-refractivity contribution in [2.45, 2.75) is 38.5 Å². The molecule has 1 aromatic rings. The smallest absolute Gasteiger partial charge is 0.353 e. The fourth-order valence-corrected chi connectivity index (χ4v) is 3.61. The average Bonchev–Trinajstić information content (AvgIpc) is 2.90. The van der Waals surface area contributed by atoms with Gasteiger partial charge in [-0.25, -0.2) is 9.97 Å². The van der Waals surface area contributed by atoms with Gasteiger partial charge in [-0.2, -0.15) is 0 Å². The van der Waals surface area contributed by atoms with Crippen molar-refractivity contribution >= 4 is 23.3 Å². The van der Waals surface area contributed by atoms with Crippen LogP contribution in [0.1, 0.15) is 38.5 Å². The van der Waals surface area contributed by atoms with E-state index in [0.717, 1.165) is 38.8 Å². The van der Waals surface area contributed by atoms with Crippen molar-refractivity contribution in [3.05, 3.63) is 16.4 Å². The van der Waals surface area contributed by atoms with Crippen LogP contribution in [0.25, 0.3) is 0 Å². The van der Waals surface area contributed by atoms with Crippen molar-refractivity contribution in [2.75, 3.05) is 36.0 Å². The van der Waals surface area contributed by atoms with Gasteiger partial charge in [0.15, 0.2) is 0 Å². The number of hydrogen-bond acceptors (Lipinski definition) is 7. The van der Waals surface area contributed by atoms with Crippen LogP contribution in [-0.2, 0) is 4.79 Å². The molecule has 0 radical (unpaired) electrons. The Bertz CT molecular complexity index is 637. The number of carboxylic acid groups (broad SMARTS) is 1. The highest BCUT2D eigenvalue weighted by Gasteiger charge is 2.33. The topological polar surface area (TPSA) is 113 Å². The van der Waals surface area contributed by atoms with Gasteiger partial charge >= 0.3 is 11.7 Å². The van der Waals surface area contributed by atoms with Gasteiger partial charge in [-0.15, -0.1) is 0 Å². The Labute approximate surface area is 145 Å². The molecule has 0 bridgehead atoms. The monoisotopic (exact) mass is 349 g/mol. The molecule has 0 spiro atoms. The summed E-state index contributed by atoms with van der Waals surface area (Å²) in [6.07, 6.45) is 6.58. The molecule has 0 amide bonds. The quantitative estimate of drug-likeness (QED) is 0.649. The second-order valence-corrected chi connectivity index (χ2v) is 6.63. The van der Waals surface area contributed by atoms with Gasteiger partial charge in [-0.05, 0) is 25.7 Å². The molecule has 136 valence electrons. The number of anilines is 2. The van der Waals surface area contributed by atoms with E-state index in [9.17, 15) is 14.9 Å². The molecule has 2 aliphatic heterocycles. The van der Waals surface area contributed by atoms with Gasteiger partial charge in [-0.3, -0.25) is 14.9 Å². The summed E-state index contributed by atoms with van der Waals surface area (Å²) in [5.41, 5.74) is -0.0572. The summed E-state index contributed by atoms with van der Waals surface area (Å²) in [6, 6.07) is 0. The molecular weight excluding hydrogens is 326 g/mol. The normalized spacial score (nSPS) is 19.5. The number of nitrogens with zero attached hydrogens (tertiary/aromatic N) is 5. The summed E-state index contributed by atoms with van der Waals surface area (Å²) < 4.78 is 0. The van der Waals surface area contributed by atoms with E-state index in [4.69, 9.17) is 5.11 Å². The van der Waals surface area contributed by atoms with Crippen molar-refractivity contribution in [1.29, 1.82) is 0 Å². The Morgan fingerprint density at radius 2 is 1.56 bits per heavy atom. The van der Waals surface area contributed by atoms with Gasteiger partial charge in [0.05, 0.1) is 10.8 Å². The van der Waals surface area contributed by atoms with Crippen LogP contribution in [0.2, 0.25) is 0 Å². The predicted molar refractivity (Wildman–Crippen MR) is 91.9 cm³/mol. The molecule has 0 aromatic carbocycles. The number of rotatable bonds is 4. The highest BCUT2D eigenvalue weighted by atomic mass is 16.6. The Kier molecular flexibility index (Phi) is 5.30. The standard InChI is InChI=1S/C16H23N5O4/c22-16(23)12-5-9-20(10-6-12)15-13(21(24)25)14(17-11-18-15)19-7-3-1-2-4-8-19/h11-12H,1-10H2,(H,22,23). The molecule has 9 nitrogen and oxygen atoms in total. The molecule has 0 saturated carbocycles. The third-order valence-corrected chi connectivity index (χ3v) is 5.02. The molecule has 2 fully saturated rings. The van der Waals surface area contributed by atoms with Gasteiger partial charge in [-0.1, -0.05) is 12.8 Å². The lowest BCUT2D eigenvalue weighted by atomic mass is 9.97. The summed E-state index contributed by atoms with van der Waals surface area (Å²) in [7, 11) is 0. The molecule has 2 aliphatic rings. The first-order chi connectivity index (χ1) is 12.1. The Hall–Kier alpha value is -2.45. The lowest BCUT2D eigenvalue weighted by Gasteiger charge is -2.31. The van der Waals surface area contributed by atoms with Crippen LogP contribution >= 0.6 is 0 Å². The van der Waals surface area contributed by atoms with Crippen LogP contribution in [0, 0.1) is 16.0 Å². The average molecular weight is 349 g/mol. The van der Waals surface area contributed by atoms with Crippen LogP contribution in [0.4, 0.5) is 17.3 Å². The molecular formula is C16H23N5O4. The van der Waals surface area contributed by atoms with Crippen molar-refractivity contribution in [3.8, 4) is 0 Å². The second kappa shape index (κ2) is 7.62. The van der Waals surface area contributed by atoms with E-state index in [1.807, 2.05) is 9.80 Å². The minimum absolute atomic E-state index is 0.0572. The first-order valence-corrected chi connectivity index (χ1v) is 8.80. The molecule has 9 heteroatoms. The van der Waals surface area contributed by atoms with Crippen molar-refractivity contribution < 1.29 is 14.8 Å². The summed E-state index contributed by atoms with van der Waals surface area (Å²) in [5.74, 6) is -0.496. The third kappa shape index (κ3) is 3.80. The largest absolute Gasteiger partial charge is 0.481 e. The zero-order chi connectivity index (χ0) is 17.8. The van der Waals surface area contributed by atoms with Crippen molar-refractivity contribution in [2.24, 2.45) is 5.92 Å². The zero-order valence-corrected chi connectivity index (χ0v) is 14.1. The van der Waals surface area contributed by atoms with Crippen LogP contribution < -0.4 is 9.80 Å². The Balaban J connectivity index is 1.88. The van der Waals surface area contributed by atoms with E-state index in [-0.39, 0.29) is 11.6 Å². The summed E-state index contributed by atoms with van der Waals surface area (Å²) in [6.45, 7) is 2.43. The van der Waals surface area contributed by atoms with Crippen LogP contribution in [-0.4, -0.2) is 52.1 Å². The van der Waals surface area contributed by atoms with E-state index in [1.54, 1.807) is 0 Å². The molecule has 1 N–H and O–H groups in total. The number of aliphatic carboxylic acids is 1. The highest BCUT2D eigenvalue weighted by molar-refractivity contribution is 5.73. The molecule has 0 atom stereocenters. The number of aromatic nitrogens is 2. The molecule has 1 aromatic heterocycles. The fraction of sp³-hybridized carbons (Fsp3) is 0.688. The van der Waals surface area contributed by atoms with E-state index in [0.29, 0.717) is 37.6 Å². The maximum Gasteiger partial charge on any atom is 0.353 e. The molecule has 0 unspecified atom stereocenters. The first kappa shape index (κ1) is 17.4. The molecule has 0 aliphatic carbocycles. The molecule has 2 saturated heterocycles. The Morgan fingerprint density at radius 3 is 2.04 bits per heavy atom. The number of piperidine rings is 1. The van der Waals surface area contributed by atoms with E-state index in [2.05, 4.69) is 9.97 Å². The van der Waals surface area contributed by atoms with Crippen LogP contribution in [0.3, 0.4) is 0 Å². The van der Waals surface area contributed by atoms with E-state index in [1.165, 1.54) is 6.33 Å². The van der Waals surface area contributed by atoms with Crippen molar-refractivity contribution in [3.63, 3.8) is 0 Å². The lowest BCUT2D eigenvalue weighted by molar-refractivity contribution is -0.383. The van der Waals surface area contributed by atoms with Crippen LogP contribution in [0.15, 0.2) is 6.33 Å². The Morgan fingerprint density at radius 1 is 1.04 bits per heavy atom. The van der Waals surface area contributed by atoms with E-state index < -0.39 is 10.9 Å². The molecule has 25 heavy (non-hydrogen) atoms. The van der Waals surface area contributed by atoms with E-state index >= 15 is 0 Å². The van der Waals surface area contributed by atoms with Gasteiger partial charge in [0.1, 0.15) is 6.33 Å². The summed E-state index contributed by atoms with van der Waals surface area (Å²) in [5, 5.41) is 20.9. The third-order valence-electron chi connectivity index (χ3n) is 5.02. The SMILES string of the molecule is O=C(O)C1CCN(c2ncnc(N3CCCCCC3)c2[N+](=O)[O-])CC1. The minimum atomic E-state index is -0.804. The molecule has 3 rings (SSSR count). The second-order valence-electron chi connectivity index (χ2n) is 6.63. The summed E-state index contributed by atoms with van der Waals surface area (Å²) in [4.78, 5) is 34.7. The highest BCUT2D eigenvalue weighted by Crippen LogP contribution is 2.36. The minimum Gasteiger partial charge on any atom is -0.481 e. The summed E-state index contributed by atoms with van der Waals surface area (Å²) >= 11 is 0. The fourth-order valence-electron chi connectivity index (χ4n) is 3.61. The van der Waals surface area contributed by atoms with Gasteiger partial charge in [0.2, 0.25) is 11.6 Å². The number of carbonyl (C=O) groups is 1. The number of carboxylic acids is 1. The maximum absolute atomic E-state index is 11.8. The maximum atomic E-state index is 11.8. The molecule has 3 heterocycles. The van der Waals surface area contributed by atoms with Gasteiger partial charge in [0, 0.05) is 26.2 Å². The lowest BCUT2D eigenvalue weighted by Crippen LogP contribution is -2.37. The van der Waals surface area contributed by atoms with Gasteiger partial charge in [0.25, 0.3) is 0 Å². The first-order valence-electron chi connectivity index (χ1n) is 8.80. The number of nitro groups is 1. The van der Waals surface area contributed by atoms with Crippen molar-refractivity contribution in [1.82, 2.24) is 9.97 Å². The zero-order valence-electron chi connectivity index (χ0n) is 14.1.